The fourth-order valence-corrected chi connectivity index (χ4v) is 2.30. The molecule has 2 rings (SSSR count). The number of halogens is 1. The standard InChI is InChI=1S/C13H12BrN3O4/c1-2-21-13(18)11(9-6-4-3-5-7-9)16-8-10(14)12(15-16)17(19)20/h3-8,11H,2H2,1H3. The molecular formula is C13H12BrN3O4. The molecule has 0 spiro atoms. The van der Waals surface area contributed by atoms with Crippen LogP contribution in [0.3, 0.4) is 0 Å². The van der Waals surface area contributed by atoms with Crippen molar-refractivity contribution in [3.63, 3.8) is 0 Å². The first-order valence-electron chi connectivity index (χ1n) is 6.15. The first kappa shape index (κ1) is 15.2. The van der Waals surface area contributed by atoms with E-state index in [1.807, 2.05) is 6.07 Å². The number of rotatable bonds is 5. The lowest BCUT2D eigenvalue weighted by Crippen LogP contribution is -2.23. The Morgan fingerprint density at radius 1 is 1.48 bits per heavy atom. The summed E-state index contributed by atoms with van der Waals surface area (Å²) in [7, 11) is 0. The molecule has 0 bridgehead atoms. The lowest BCUT2D eigenvalue weighted by molar-refractivity contribution is -0.390. The minimum Gasteiger partial charge on any atom is -0.464 e. The zero-order chi connectivity index (χ0) is 15.4. The molecule has 0 aliphatic rings. The Morgan fingerprint density at radius 3 is 2.67 bits per heavy atom. The largest absolute Gasteiger partial charge is 0.464 e. The normalized spacial score (nSPS) is 11.9. The Hall–Kier alpha value is -2.22. The van der Waals surface area contributed by atoms with Crippen molar-refractivity contribution in [2.24, 2.45) is 0 Å². The molecule has 0 saturated carbocycles. The van der Waals surface area contributed by atoms with E-state index in [0.29, 0.717) is 5.56 Å². The van der Waals surface area contributed by atoms with Crippen LogP contribution < -0.4 is 0 Å². The predicted octanol–water partition coefficient (Wildman–Crippen LogP) is 2.71. The number of esters is 1. The third-order valence-corrected chi connectivity index (χ3v) is 3.29. The summed E-state index contributed by atoms with van der Waals surface area (Å²) >= 11 is 3.07. The highest BCUT2D eigenvalue weighted by atomic mass is 79.9. The second-order valence-corrected chi connectivity index (χ2v) is 4.96. The van der Waals surface area contributed by atoms with Crippen molar-refractivity contribution in [2.75, 3.05) is 6.61 Å². The maximum absolute atomic E-state index is 12.2. The smallest absolute Gasteiger partial charge is 0.404 e. The Balaban J connectivity index is 2.47. The molecule has 110 valence electrons. The van der Waals surface area contributed by atoms with Crippen molar-refractivity contribution in [3.05, 3.63) is 56.7 Å². The van der Waals surface area contributed by atoms with E-state index >= 15 is 0 Å². The maximum atomic E-state index is 12.2. The lowest BCUT2D eigenvalue weighted by Gasteiger charge is -2.13. The number of aromatic nitrogens is 2. The van der Waals surface area contributed by atoms with E-state index in [1.54, 1.807) is 31.2 Å². The molecule has 2 aromatic rings. The van der Waals surface area contributed by atoms with Gasteiger partial charge in [0.15, 0.2) is 6.04 Å². The van der Waals surface area contributed by atoms with Crippen molar-refractivity contribution in [1.82, 2.24) is 9.78 Å². The van der Waals surface area contributed by atoms with Crippen molar-refractivity contribution in [3.8, 4) is 0 Å². The van der Waals surface area contributed by atoms with Gasteiger partial charge in [-0.15, -0.1) is 0 Å². The van der Waals surface area contributed by atoms with E-state index in [9.17, 15) is 14.9 Å². The van der Waals surface area contributed by atoms with Crippen LogP contribution in [0.15, 0.2) is 41.0 Å². The summed E-state index contributed by atoms with van der Waals surface area (Å²) in [6.07, 6.45) is 1.40. The zero-order valence-electron chi connectivity index (χ0n) is 11.1. The summed E-state index contributed by atoms with van der Waals surface area (Å²) in [5, 5.41) is 14.7. The van der Waals surface area contributed by atoms with Gasteiger partial charge in [0.05, 0.1) is 17.9 Å². The first-order chi connectivity index (χ1) is 10.0. The molecule has 0 aliphatic carbocycles. The highest BCUT2D eigenvalue weighted by Gasteiger charge is 2.30. The SMILES string of the molecule is CCOC(=O)C(c1ccccc1)n1cc(Br)c([N+](=O)[O-])n1. The van der Waals surface area contributed by atoms with Crippen LogP contribution in [0, 0.1) is 10.1 Å². The van der Waals surface area contributed by atoms with Gasteiger partial charge in [0.1, 0.15) is 4.47 Å². The highest BCUT2D eigenvalue weighted by molar-refractivity contribution is 9.10. The number of benzene rings is 1. The molecular weight excluding hydrogens is 342 g/mol. The molecule has 7 nitrogen and oxygen atoms in total. The topological polar surface area (TPSA) is 87.3 Å². The van der Waals surface area contributed by atoms with Gasteiger partial charge in [-0.2, -0.15) is 4.68 Å². The van der Waals surface area contributed by atoms with Crippen molar-refractivity contribution in [2.45, 2.75) is 13.0 Å². The van der Waals surface area contributed by atoms with Gasteiger partial charge in [0.2, 0.25) is 0 Å². The molecule has 0 aliphatic heterocycles. The molecule has 21 heavy (non-hydrogen) atoms. The highest BCUT2D eigenvalue weighted by Crippen LogP contribution is 2.27. The minimum absolute atomic E-state index is 0.206. The van der Waals surface area contributed by atoms with E-state index < -0.39 is 16.9 Å². The van der Waals surface area contributed by atoms with Gasteiger partial charge in [0.25, 0.3) is 0 Å². The maximum Gasteiger partial charge on any atom is 0.404 e. The fourth-order valence-electron chi connectivity index (χ4n) is 1.87. The summed E-state index contributed by atoms with van der Waals surface area (Å²) in [4.78, 5) is 22.4. The van der Waals surface area contributed by atoms with Gasteiger partial charge in [-0.3, -0.25) is 0 Å². The van der Waals surface area contributed by atoms with Gasteiger partial charge in [-0.05, 0) is 33.3 Å². The number of carbonyl (C=O) groups excluding carboxylic acids is 1. The van der Waals surface area contributed by atoms with Gasteiger partial charge >= 0.3 is 11.8 Å². The van der Waals surface area contributed by atoms with Gasteiger partial charge in [-0.25, -0.2) is 4.79 Å². The number of ether oxygens (including phenoxy) is 1. The summed E-state index contributed by atoms with van der Waals surface area (Å²) in [6.45, 7) is 1.91. The van der Waals surface area contributed by atoms with Crippen LogP contribution in [0.1, 0.15) is 18.5 Å². The van der Waals surface area contributed by atoms with E-state index in [0.717, 1.165) is 0 Å². The predicted molar refractivity (Wildman–Crippen MR) is 77.8 cm³/mol. The van der Waals surface area contributed by atoms with E-state index in [-0.39, 0.29) is 16.9 Å². The average molecular weight is 354 g/mol. The first-order valence-corrected chi connectivity index (χ1v) is 6.94. The summed E-state index contributed by atoms with van der Waals surface area (Å²) in [5.41, 5.74) is 0.640. The number of carbonyl (C=O) groups is 1. The molecule has 1 atom stereocenters. The molecule has 8 heteroatoms. The summed E-state index contributed by atoms with van der Waals surface area (Å²) in [6, 6.07) is 7.97. The van der Waals surface area contributed by atoms with E-state index in [2.05, 4.69) is 21.0 Å². The Kier molecular flexibility index (Phi) is 4.69. The van der Waals surface area contributed by atoms with Gasteiger partial charge in [-0.1, -0.05) is 30.3 Å². The van der Waals surface area contributed by atoms with E-state index in [1.165, 1.54) is 10.9 Å². The Labute approximate surface area is 128 Å². The minimum atomic E-state index is -0.865. The van der Waals surface area contributed by atoms with E-state index in [4.69, 9.17) is 4.74 Å². The lowest BCUT2D eigenvalue weighted by atomic mass is 10.1. The monoisotopic (exact) mass is 353 g/mol. The number of nitrogens with zero attached hydrogens (tertiary/aromatic N) is 3. The van der Waals surface area contributed by atoms with Crippen LogP contribution in [-0.2, 0) is 9.53 Å². The third kappa shape index (κ3) is 3.27. The third-order valence-electron chi connectivity index (χ3n) is 2.73. The summed E-state index contributed by atoms with van der Waals surface area (Å²) in [5.74, 6) is -0.867. The second kappa shape index (κ2) is 6.49. The number of hydrogen-bond acceptors (Lipinski definition) is 5. The molecule has 1 heterocycles. The molecule has 0 saturated heterocycles. The Bertz CT molecular complexity index is 657. The molecule has 0 amide bonds. The molecule has 1 aromatic heterocycles. The van der Waals surface area contributed by atoms with Crippen LogP contribution in [0.2, 0.25) is 0 Å². The van der Waals surface area contributed by atoms with Gasteiger partial charge < -0.3 is 14.9 Å². The van der Waals surface area contributed by atoms with Gasteiger partial charge in [0, 0.05) is 0 Å². The average Bonchev–Trinajstić information content (AvgIpc) is 2.82. The van der Waals surface area contributed by atoms with Crippen molar-refractivity contribution >= 4 is 27.7 Å². The Morgan fingerprint density at radius 2 is 2.14 bits per heavy atom. The van der Waals surface area contributed by atoms with Crippen LogP contribution in [-0.4, -0.2) is 27.3 Å². The van der Waals surface area contributed by atoms with Crippen LogP contribution in [0.4, 0.5) is 5.82 Å². The number of nitro groups is 1. The van der Waals surface area contributed by atoms with Crippen LogP contribution in [0.25, 0.3) is 0 Å². The molecule has 0 fully saturated rings. The van der Waals surface area contributed by atoms with Crippen molar-refractivity contribution in [1.29, 1.82) is 0 Å². The molecule has 0 N–H and O–H groups in total. The zero-order valence-corrected chi connectivity index (χ0v) is 12.7. The molecule has 0 radical (unpaired) electrons. The van der Waals surface area contributed by atoms with Crippen molar-refractivity contribution < 1.29 is 14.5 Å². The number of hydrogen-bond donors (Lipinski definition) is 0. The fraction of sp³-hybridized carbons (Fsp3) is 0.231. The molecule has 1 unspecified atom stereocenters. The second-order valence-electron chi connectivity index (χ2n) is 4.10. The summed E-state index contributed by atoms with van der Waals surface area (Å²) < 4.78 is 6.48. The van der Waals surface area contributed by atoms with Crippen LogP contribution >= 0.6 is 15.9 Å². The van der Waals surface area contributed by atoms with Crippen LogP contribution in [0.5, 0.6) is 0 Å². The quantitative estimate of drug-likeness (QED) is 0.468. The molecule has 1 aromatic carbocycles.